The van der Waals surface area contributed by atoms with Gasteiger partial charge in [-0.2, -0.15) is 11.8 Å². The van der Waals surface area contributed by atoms with Crippen LogP contribution in [0.25, 0.3) is 0 Å². The third-order valence-electron chi connectivity index (χ3n) is 2.40. The first-order valence-electron chi connectivity index (χ1n) is 4.92. The molecule has 0 N–H and O–H groups in total. The van der Waals surface area contributed by atoms with Crippen LogP contribution in [0.5, 0.6) is 0 Å². The van der Waals surface area contributed by atoms with Gasteiger partial charge in [0.05, 0.1) is 0 Å². The molecule has 14 heavy (non-hydrogen) atoms. The number of rotatable bonds is 5. The summed E-state index contributed by atoms with van der Waals surface area (Å²) in [5.41, 5.74) is 1.46. The Kier molecular flexibility index (Phi) is 5.49. The largest absolute Gasteiger partial charge is 0.162 e. The predicted molar refractivity (Wildman–Crippen MR) is 69.5 cm³/mol. The highest BCUT2D eigenvalue weighted by Crippen LogP contribution is 2.17. The van der Waals surface area contributed by atoms with Crippen molar-refractivity contribution in [2.24, 2.45) is 0 Å². The van der Waals surface area contributed by atoms with Crippen LogP contribution in [0.2, 0.25) is 0 Å². The molecule has 0 nitrogen and oxygen atoms in total. The summed E-state index contributed by atoms with van der Waals surface area (Å²) in [7, 11) is 0. The lowest BCUT2D eigenvalue weighted by atomic mass is 10.1. The second-order valence-electron chi connectivity index (χ2n) is 3.43. The van der Waals surface area contributed by atoms with Gasteiger partial charge in [0.15, 0.2) is 0 Å². The molecule has 0 saturated heterocycles. The molecule has 0 aromatic heterocycles. The highest BCUT2D eigenvalue weighted by atomic mass is 32.2. The summed E-state index contributed by atoms with van der Waals surface area (Å²) in [4.78, 5) is 1.35. The van der Waals surface area contributed by atoms with Crippen LogP contribution in [0.15, 0.2) is 29.2 Å². The smallest absolute Gasteiger partial charge is 0.00693 e. The number of aryl methyl sites for hydroxylation is 1. The Morgan fingerprint density at radius 3 is 2.29 bits per heavy atom. The van der Waals surface area contributed by atoms with Crippen molar-refractivity contribution >= 4 is 23.5 Å². The molecule has 1 atom stereocenters. The quantitative estimate of drug-likeness (QED) is 0.694. The van der Waals surface area contributed by atoms with Gasteiger partial charge in [0, 0.05) is 10.1 Å². The van der Waals surface area contributed by atoms with E-state index in [9.17, 15) is 0 Å². The molecule has 0 aliphatic heterocycles. The Morgan fingerprint density at radius 1 is 1.14 bits per heavy atom. The fourth-order valence-corrected chi connectivity index (χ4v) is 2.04. The number of hydrogen-bond acceptors (Lipinski definition) is 2. The zero-order chi connectivity index (χ0) is 10.4. The van der Waals surface area contributed by atoms with Crippen molar-refractivity contribution in [3.8, 4) is 0 Å². The zero-order valence-electron chi connectivity index (χ0n) is 9.12. The van der Waals surface area contributed by atoms with Gasteiger partial charge in [-0.3, -0.25) is 0 Å². The van der Waals surface area contributed by atoms with Crippen LogP contribution in [0.1, 0.15) is 18.9 Å². The van der Waals surface area contributed by atoms with Crippen LogP contribution in [0, 0.1) is 0 Å². The van der Waals surface area contributed by atoms with Crippen molar-refractivity contribution in [3.05, 3.63) is 29.8 Å². The van der Waals surface area contributed by atoms with Crippen molar-refractivity contribution < 1.29 is 0 Å². The topological polar surface area (TPSA) is 0 Å². The second-order valence-corrected chi connectivity index (χ2v) is 5.59. The molecule has 0 aliphatic carbocycles. The molecule has 1 rings (SSSR count). The molecule has 0 radical (unpaired) electrons. The second kappa shape index (κ2) is 6.41. The summed E-state index contributed by atoms with van der Waals surface area (Å²) in [5.74, 6) is 0. The first-order valence-corrected chi connectivity index (χ1v) is 7.43. The number of thioether (sulfide) groups is 2. The van der Waals surface area contributed by atoms with Crippen molar-refractivity contribution in [1.29, 1.82) is 0 Å². The van der Waals surface area contributed by atoms with Crippen LogP contribution in [0.4, 0.5) is 0 Å². The number of hydrogen-bond donors (Lipinski definition) is 0. The Hall–Kier alpha value is -0.0800. The van der Waals surface area contributed by atoms with E-state index in [-0.39, 0.29) is 0 Å². The van der Waals surface area contributed by atoms with Gasteiger partial charge in [-0.15, -0.1) is 11.8 Å². The minimum Gasteiger partial charge on any atom is -0.162 e. The summed E-state index contributed by atoms with van der Waals surface area (Å²) in [6, 6.07) is 8.92. The lowest BCUT2D eigenvalue weighted by molar-refractivity contribution is 0.812. The van der Waals surface area contributed by atoms with E-state index in [4.69, 9.17) is 0 Å². The molecule has 78 valence electrons. The highest BCUT2D eigenvalue weighted by Gasteiger charge is 2.00. The molecule has 0 amide bonds. The molecule has 0 aliphatic rings. The van der Waals surface area contributed by atoms with E-state index < -0.39 is 0 Å². The van der Waals surface area contributed by atoms with Gasteiger partial charge in [0.1, 0.15) is 0 Å². The van der Waals surface area contributed by atoms with Gasteiger partial charge in [-0.05, 0) is 43.0 Å². The first-order chi connectivity index (χ1) is 6.76. The molecular weight excluding hydrogens is 208 g/mol. The highest BCUT2D eigenvalue weighted by molar-refractivity contribution is 7.99. The fourth-order valence-electron chi connectivity index (χ4n) is 1.28. The minimum absolute atomic E-state index is 0.773. The average molecular weight is 226 g/mol. The van der Waals surface area contributed by atoms with E-state index in [0.29, 0.717) is 0 Å². The summed E-state index contributed by atoms with van der Waals surface area (Å²) in [5, 5.41) is 0.773. The summed E-state index contributed by atoms with van der Waals surface area (Å²) in [6.45, 7) is 2.29. The van der Waals surface area contributed by atoms with Crippen LogP contribution in [-0.4, -0.2) is 17.8 Å². The van der Waals surface area contributed by atoms with Crippen LogP contribution in [-0.2, 0) is 6.42 Å². The molecule has 1 aromatic rings. The SMILES string of the molecule is CSc1ccc(CCC(C)SC)cc1. The molecule has 0 saturated carbocycles. The Bertz CT molecular complexity index is 254. The molecule has 0 fully saturated rings. The molecule has 0 bridgehead atoms. The van der Waals surface area contributed by atoms with Crippen LogP contribution in [0.3, 0.4) is 0 Å². The third kappa shape index (κ3) is 3.97. The number of benzene rings is 1. The Morgan fingerprint density at radius 2 is 1.79 bits per heavy atom. The fraction of sp³-hybridized carbons (Fsp3) is 0.500. The van der Waals surface area contributed by atoms with Gasteiger partial charge in [-0.25, -0.2) is 0 Å². The van der Waals surface area contributed by atoms with Gasteiger partial charge >= 0.3 is 0 Å². The predicted octanol–water partition coefficient (Wildman–Crippen LogP) is 4.09. The normalized spacial score (nSPS) is 12.8. The monoisotopic (exact) mass is 226 g/mol. The zero-order valence-corrected chi connectivity index (χ0v) is 10.8. The van der Waals surface area contributed by atoms with E-state index in [2.05, 4.69) is 43.7 Å². The summed E-state index contributed by atoms with van der Waals surface area (Å²) in [6.07, 6.45) is 6.78. The van der Waals surface area contributed by atoms with E-state index in [1.807, 2.05) is 11.8 Å². The lowest BCUT2D eigenvalue weighted by Gasteiger charge is -2.07. The molecule has 0 heterocycles. The molecule has 0 spiro atoms. The maximum Gasteiger partial charge on any atom is 0.00693 e. The van der Waals surface area contributed by atoms with E-state index in [1.165, 1.54) is 23.3 Å². The average Bonchev–Trinajstić information content (AvgIpc) is 2.26. The van der Waals surface area contributed by atoms with Crippen LogP contribution >= 0.6 is 23.5 Å². The van der Waals surface area contributed by atoms with E-state index >= 15 is 0 Å². The molecule has 2 heteroatoms. The maximum atomic E-state index is 2.29. The van der Waals surface area contributed by atoms with E-state index in [0.717, 1.165) is 5.25 Å². The van der Waals surface area contributed by atoms with Crippen molar-refractivity contribution in [3.63, 3.8) is 0 Å². The first kappa shape index (κ1) is 12.0. The molecule has 1 aromatic carbocycles. The van der Waals surface area contributed by atoms with Gasteiger partial charge in [0.2, 0.25) is 0 Å². The van der Waals surface area contributed by atoms with Crippen molar-refractivity contribution in [1.82, 2.24) is 0 Å². The maximum absolute atomic E-state index is 2.29. The van der Waals surface area contributed by atoms with Crippen molar-refractivity contribution in [2.75, 3.05) is 12.5 Å². The van der Waals surface area contributed by atoms with Gasteiger partial charge < -0.3 is 0 Å². The third-order valence-corrected chi connectivity index (χ3v) is 4.18. The van der Waals surface area contributed by atoms with Crippen molar-refractivity contribution in [2.45, 2.75) is 29.9 Å². The van der Waals surface area contributed by atoms with Gasteiger partial charge in [0.25, 0.3) is 0 Å². The molecular formula is C12H18S2. The molecule has 1 unspecified atom stereocenters. The minimum atomic E-state index is 0.773. The van der Waals surface area contributed by atoms with Crippen LogP contribution < -0.4 is 0 Å². The Labute approximate surface area is 95.9 Å². The standard InChI is InChI=1S/C12H18S2/c1-10(13-2)4-5-11-6-8-12(14-3)9-7-11/h6-10H,4-5H2,1-3H3. The lowest BCUT2D eigenvalue weighted by Crippen LogP contribution is -1.97. The van der Waals surface area contributed by atoms with Gasteiger partial charge in [-0.1, -0.05) is 19.1 Å². The summed E-state index contributed by atoms with van der Waals surface area (Å²) >= 11 is 3.75. The van der Waals surface area contributed by atoms with E-state index in [1.54, 1.807) is 11.8 Å². The summed E-state index contributed by atoms with van der Waals surface area (Å²) < 4.78 is 0. The Balaban J connectivity index is 2.43.